The van der Waals surface area contributed by atoms with Crippen LogP contribution < -0.4 is 10.5 Å². The number of sulfonamides is 1. The first kappa shape index (κ1) is 16.9. The standard InChI is InChI=1S/C13H21FN2O3S/c1-10(2)9-19-7-3-6-16-20(17,18)13-5-4-11(15)8-12(13)14/h4-5,8,10,16H,3,6-7,9,15H2,1-2H3. The predicted molar refractivity (Wildman–Crippen MR) is 76.3 cm³/mol. The zero-order chi connectivity index (χ0) is 15.2. The van der Waals surface area contributed by atoms with Gasteiger partial charge in [0.15, 0.2) is 0 Å². The molecule has 0 aliphatic rings. The van der Waals surface area contributed by atoms with Gasteiger partial charge in [-0.25, -0.2) is 17.5 Å². The van der Waals surface area contributed by atoms with Gasteiger partial charge in [-0.15, -0.1) is 0 Å². The molecule has 0 atom stereocenters. The van der Waals surface area contributed by atoms with Crippen molar-refractivity contribution < 1.29 is 17.5 Å². The molecule has 0 saturated heterocycles. The molecule has 1 rings (SSSR count). The number of halogens is 1. The molecule has 1 aromatic rings. The molecule has 0 aliphatic carbocycles. The van der Waals surface area contributed by atoms with Crippen molar-refractivity contribution in [3.05, 3.63) is 24.0 Å². The van der Waals surface area contributed by atoms with E-state index in [0.717, 1.165) is 12.1 Å². The summed E-state index contributed by atoms with van der Waals surface area (Å²) in [7, 11) is -3.85. The number of hydrogen-bond acceptors (Lipinski definition) is 4. The Morgan fingerprint density at radius 1 is 1.40 bits per heavy atom. The summed E-state index contributed by atoms with van der Waals surface area (Å²) in [5.41, 5.74) is 5.56. The number of rotatable bonds is 8. The largest absolute Gasteiger partial charge is 0.399 e. The molecule has 0 fully saturated rings. The minimum absolute atomic E-state index is 0.184. The number of nitrogen functional groups attached to an aromatic ring is 1. The van der Waals surface area contributed by atoms with E-state index in [9.17, 15) is 12.8 Å². The lowest BCUT2D eigenvalue weighted by molar-refractivity contribution is 0.108. The van der Waals surface area contributed by atoms with E-state index in [2.05, 4.69) is 4.72 Å². The predicted octanol–water partition coefficient (Wildman–Crippen LogP) is 1.75. The minimum Gasteiger partial charge on any atom is -0.399 e. The Balaban J connectivity index is 2.46. The van der Waals surface area contributed by atoms with E-state index in [0.29, 0.717) is 25.6 Å². The van der Waals surface area contributed by atoms with Crippen molar-refractivity contribution in [2.24, 2.45) is 5.92 Å². The van der Waals surface area contributed by atoms with Gasteiger partial charge in [-0.2, -0.15) is 0 Å². The van der Waals surface area contributed by atoms with Gasteiger partial charge >= 0.3 is 0 Å². The van der Waals surface area contributed by atoms with E-state index in [1.165, 1.54) is 6.07 Å². The van der Waals surface area contributed by atoms with Gasteiger partial charge in [0.05, 0.1) is 0 Å². The summed E-state index contributed by atoms with van der Waals surface area (Å²) < 4.78 is 45.0. The summed E-state index contributed by atoms with van der Waals surface area (Å²) in [5, 5.41) is 0. The van der Waals surface area contributed by atoms with Crippen LogP contribution in [0.25, 0.3) is 0 Å². The van der Waals surface area contributed by atoms with Gasteiger partial charge in [-0.3, -0.25) is 0 Å². The fourth-order valence-electron chi connectivity index (χ4n) is 1.51. The zero-order valence-corrected chi connectivity index (χ0v) is 12.5. The van der Waals surface area contributed by atoms with Crippen LogP contribution >= 0.6 is 0 Å². The van der Waals surface area contributed by atoms with E-state index >= 15 is 0 Å². The van der Waals surface area contributed by atoms with Gasteiger partial charge in [-0.05, 0) is 30.5 Å². The number of nitrogens with one attached hydrogen (secondary N) is 1. The molecule has 0 spiro atoms. The minimum atomic E-state index is -3.85. The first-order valence-corrected chi connectivity index (χ1v) is 7.93. The van der Waals surface area contributed by atoms with Gasteiger partial charge < -0.3 is 10.5 Å². The second-order valence-electron chi connectivity index (χ2n) is 4.91. The summed E-state index contributed by atoms with van der Waals surface area (Å²) in [6, 6.07) is 3.49. The molecule has 7 heteroatoms. The lowest BCUT2D eigenvalue weighted by Crippen LogP contribution is -2.26. The van der Waals surface area contributed by atoms with Crippen LogP contribution in [0.4, 0.5) is 10.1 Å². The smallest absolute Gasteiger partial charge is 0.243 e. The number of benzene rings is 1. The molecular weight excluding hydrogens is 283 g/mol. The van der Waals surface area contributed by atoms with Gasteiger partial charge in [0.2, 0.25) is 10.0 Å². The van der Waals surface area contributed by atoms with E-state index in [1.54, 1.807) is 0 Å². The third-order valence-electron chi connectivity index (χ3n) is 2.45. The first-order valence-electron chi connectivity index (χ1n) is 6.45. The van der Waals surface area contributed by atoms with Crippen LogP contribution in [0.1, 0.15) is 20.3 Å². The van der Waals surface area contributed by atoms with Crippen LogP contribution in [0.15, 0.2) is 23.1 Å². The molecule has 0 aliphatic heterocycles. The van der Waals surface area contributed by atoms with Crippen molar-refractivity contribution in [3.63, 3.8) is 0 Å². The Bertz CT molecular complexity index is 532. The molecule has 114 valence electrons. The lowest BCUT2D eigenvalue weighted by atomic mass is 10.2. The molecule has 0 radical (unpaired) electrons. The van der Waals surface area contributed by atoms with Gasteiger partial charge in [0, 0.05) is 25.4 Å². The molecule has 0 heterocycles. The fourth-order valence-corrected chi connectivity index (χ4v) is 2.64. The van der Waals surface area contributed by atoms with Crippen molar-refractivity contribution >= 4 is 15.7 Å². The normalized spacial score (nSPS) is 12.0. The van der Waals surface area contributed by atoms with E-state index in [-0.39, 0.29) is 12.2 Å². The quantitative estimate of drug-likeness (QED) is 0.566. The van der Waals surface area contributed by atoms with Crippen molar-refractivity contribution in [3.8, 4) is 0 Å². The number of hydrogen-bond donors (Lipinski definition) is 2. The van der Waals surface area contributed by atoms with Crippen LogP contribution in [0.5, 0.6) is 0 Å². The van der Waals surface area contributed by atoms with Crippen LogP contribution in [0.2, 0.25) is 0 Å². The molecule has 0 saturated carbocycles. The molecule has 20 heavy (non-hydrogen) atoms. The highest BCUT2D eigenvalue weighted by atomic mass is 32.2. The fraction of sp³-hybridized carbons (Fsp3) is 0.538. The Labute approximate surface area is 119 Å². The average Bonchev–Trinajstić information content (AvgIpc) is 2.32. The lowest BCUT2D eigenvalue weighted by Gasteiger charge is -2.09. The maximum Gasteiger partial charge on any atom is 0.243 e. The molecular formula is C13H21FN2O3S. The zero-order valence-electron chi connectivity index (χ0n) is 11.7. The highest BCUT2D eigenvalue weighted by Gasteiger charge is 2.18. The summed E-state index contributed by atoms with van der Waals surface area (Å²) in [4.78, 5) is -0.394. The SMILES string of the molecule is CC(C)COCCCNS(=O)(=O)c1ccc(N)cc1F. The average molecular weight is 304 g/mol. The molecule has 3 N–H and O–H groups in total. The molecule has 0 amide bonds. The topological polar surface area (TPSA) is 81.4 Å². The second-order valence-corrected chi connectivity index (χ2v) is 6.65. The van der Waals surface area contributed by atoms with E-state index in [1.807, 2.05) is 13.8 Å². The van der Waals surface area contributed by atoms with Crippen LogP contribution in [-0.2, 0) is 14.8 Å². The van der Waals surface area contributed by atoms with Crippen LogP contribution in [0.3, 0.4) is 0 Å². The summed E-state index contributed by atoms with van der Waals surface area (Å²) in [6.07, 6.45) is 0.530. The third kappa shape index (κ3) is 5.44. The Morgan fingerprint density at radius 2 is 2.10 bits per heavy atom. The van der Waals surface area contributed by atoms with Gasteiger partial charge in [0.25, 0.3) is 0 Å². The molecule has 0 aromatic heterocycles. The molecule has 0 bridgehead atoms. The molecule has 0 unspecified atom stereocenters. The summed E-state index contributed by atoms with van der Waals surface area (Å²) in [6.45, 7) is 5.37. The molecule has 1 aromatic carbocycles. The third-order valence-corrected chi connectivity index (χ3v) is 3.95. The van der Waals surface area contributed by atoms with Gasteiger partial charge in [0.1, 0.15) is 10.7 Å². The Morgan fingerprint density at radius 3 is 2.70 bits per heavy atom. The Hall–Kier alpha value is -1.18. The van der Waals surface area contributed by atoms with Crippen molar-refractivity contribution in [1.82, 2.24) is 4.72 Å². The summed E-state index contributed by atoms with van der Waals surface area (Å²) >= 11 is 0. The van der Waals surface area contributed by atoms with Crippen molar-refractivity contribution in [2.45, 2.75) is 25.2 Å². The Kier molecular flexibility index (Phi) is 6.38. The number of nitrogens with two attached hydrogens (primary N) is 1. The van der Waals surface area contributed by atoms with Crippen molar-refractivity contribution in [2.75, 3.05) is 25.5 Å². The van der Waals surface area contributed by atoms with Crippen molar-refractivity contribution in [1.29, 1.82) is 0 Å². The maximum atomic E-state index is 13.5. The van der Waals surface area contributed by atoms with E-state index < -0.39 is 20.7 Å². The van der Waals surface area contributed by atoms with Crippen LogP contribution in [-0.4, -0.2) is 28.2 Å². The maximum absolute atomic E-state index is 13.5. The number of anilines is 1. The van der Waals surface area contributed by atoms with E-state index in [4.69, 9.17) is 10.5 Å². The highest BCUT2D eigenvalue weighted by molar-refractivity contribution is 7.89. The summed E-state index contributed by atoms with van der Waals surface area (Å²) in [5.74, 6) is -0.413. The number of ether oxygens (including phenoxy) is 1. The van der Waals surface area contributed by atoms with Gasteiger partial charge in [-0.1, -0.05) is 13.8 Å². The highest BCUT2D eigenvalue weighted by Crippen LogP contribution is 2.16. The molecule has 5 nitrogen and oxygen atoms in total. The first-order chi connectivity index (χ1) is 9.33. The van der Waals surface area contributed by atoms with Crippen LogP contribution in [0, 0.1) is 11.7 Å². The monoisotopic (exact) mass is 304 g/mol. The second kappa shape index (κ2) is 7.56.